The van der Waals surface area contributed by atoms with Gasteiger partial charge in [-0.05, 0) is 49.4 Å². The van der Waals surface area contributed by atoms with Gasteiger partial charge in [-0.1, -0.05) is 33.6 Å². The molecule has 102 valence electrons. The summed E-state index contributed by atoms with van der Waals surface area (Å²) in [5.74, 6) is 0.798. The zero-order valence-electron chi connectivity index (χ0n) is 12.4. The van der Waals surface area contributed by atoms with Crippen molar-refractivity contribution >= 4 is 0 Å². The van der Waals surface area contributed by atoms with Crippen molar-refractivity contribution in [3.8, 4) is 0 Å². The van der Waals surface area contributed by atoms with Gasteiger partial charge in [0.1, 0.15) is 0 Å². The van der Waals surface area contributed by atoms with Crippen LogP contribution >= 0.6 is 0 Å². The lowest BCUT2D eigenvalue weighted by molar-refractivity contribution is 0.446. The van der Waals surface area contributed by atoms with E-state index in [1.54, 1.807) is 0 Å². The van der Waals surface area contributed by atoms with Crippen molar-refractivity contribution in [3.05, 3.63) is 29.6 Å². The van der Waals surface area contributed by atoms with Crippen molar-refractivity contribution in [2.24, 2.45) is 5.92 Å². The summed E-state index contributed by atoms with van der Waals surface area (Å²) < 4.78 is 0. The first-order chi connectivity index (χ1) is 8.65. The molecule has 0 saturated heterocycles. The lowest BCUT2D eigenvalue weighted by atomic mass is 9.96. The molecule has 1 aromatic heterocycles. The van der Waals surface area contributed by atoms with Gasteiger partial charge >= 0.3 is 0 Å². The van der Waals surface area contributed by atoms with Crippen LogP contribution in [0.15, 0.2) is 18.5 Å². The largest absolute Gasteiger partial charge is 0.310 e. The molecule has 0 saturated carbocycles. The molecule has 0 aliphatic rings. The molecule has 0 fully saturated rings. The summed E-state index contributed by atoms with van der Waals surface area (Å²) >= 11 is 0. The Labute approximate surface area is 112 Å². The predicted octanol–water partition coefficient (Wildman–Crippen LogP) is 4.26. The third-order valence-electron chi connectivity index (χ3n) is 3.37. The molecule has 2 heteroatoms. The van der Waals surface area contributed by atoms with Crippen LogP contribution in [-0.4, -0.2) is 11.5 Å². The summed E-state index contributed by atoms with van der Waals surface area (Å²) in [5.41, 5.74) is 2.72. The minimum Gasteiger partial charge on any atom is -0.310 e. The van der Waals surface area contributed by atoms with Crippen LogP contribution in [0.5, 0.6) is 0 Å². The fourth-order valence-corrected chi connectivity index (χ4v) is 2.26. The molecule has 1 aromatic rings. The van der Waals surface area contributed by atoms with Crippen LogP contribution in [0.25, 0.3) is 0 Å². The first-order valence-corrected chi connectivity index (χ1v) is 7.29. The van der Waals surface area contributed by atoms with E-state index in [9.17, 15) is 0 Å². The molecule has 1 unspecified atom stereocenters. The fourth-order valence-electron chi connectivity index (χ4n) is 2.26. The molecule has 0 amide bonds. The zero-order chi connectivity index (χ0) is 13.4. The highest BCUT2D eigenvalue weighted by Crippen LogP contribution is 2.23. The van der Waals surface area contributed by atoms with Gasteiger partial charge in [-0.25, -0.2) is 0 Å². The first kappa shape index (κ1) is 15.2. The van der Waals surface area contributed by atoms with Crippen LogP contribution in [0.3, 0.4) is 0 Å². The Morgan fingerprint density at radius 2 is 2.06 bits per heavy atom. The van der Waals surface area contributed by atoms with Crippen LogP contribution < -0.4 is 5.32 Å². The average molecular weight is 248 g/mol. The second kappa shape index (κ2) is 8.25. The van der Waals surface area contributed by atoms with Gasteiger partial charge in [-0.15, -0.1) is 0 Å². The first-order valence-electron chi connectivity index (χ1n) is 7.29. The van der Waals surface area contributed by atoms with E-state index in [0.717, 1.165) is 12.5 Å². The Bertz CT molecular complexity index is 334. The summed E-state index contributed by atoms with van der Waals surface area (Å²) in [6.45, 7) is 10.1. The van der Waals surface area contributed by atoms with Gasteiger partial charge in [-0.2, -0.15) is 0 Å². The van der Waals surface area contributed by atoms with Crippen LogP contribution in [-0.2, 0) is 0 Å². The molecule has 0 aliphatic heterocycles. The van der Waals surface area contributed by atoms with Gasteiger partial charge in [0.25, 0.3) is 0 Å². The second-order valence-electron chi connectivity index (χ2n) is 5.56. The normalized spacial score (nSPS) is 12.9. The quantitative estimate of drug-likeness (QED) is 0.743. The van der Waals surface area contributed by atoms with Crippen molar-refractivity contribution in [1.29, 1.82) is 0 Å². The average Bonchev–Trinajstić information content (AvgIpc) is 2.34. The number of pyridine rings is 1. The van der Waals surface area contributed by atoms with Crippen LogP contribution in [0.1, 0.15) is 63.6 Å². The minimum atomic E-state index is 0.470. The molecule has 18 heavy (non-hydrogen) atoms. The van der Waals surface area contributed by atoms with E-state index >= 15 is 0 Å². The number of hydrogen-bond acceptors (Lipinski definition) is 2. The van der Waals surface area contributed by atoms with Gasteiger partial charge < -0.3 is 5.32 Å². The van der Waals surface area contributed by atoms with Crippen LogP contribution in [0.4, 0.5) is 0 Å². The molecule has 1 rings (SSSR count). The number of aryl methyl sites for hydroxylation is 1. The van der Waals surface area contributed by atoms with E-state index in [4.69, 9.17) is 0 Å². The molecule has 0 spiro atoms. The molecule has 1 heterocycles. The predicted molar refractivity (Wildman–Crippen MR) is 78.7 cm³/mol. The fraction of sp³-hybridized carbons (Fsp3) is 0.688. The van der Waals surface area contributed by atoms with Crippen molar-refractivity contribution in [2.45, 2.75) is 59.4 Å². The standard InChI is InChI=1S/C16H28N2/c1-5-10-18-16(8-6-7-13(2)3)15-12-17-11-9-14(15)4/h9,11-13,16,18H,5-8,10H2,1-4H3. The number of hydrogen-bond donors (Lipinski definition) is 1. The number of nitrogens with one attached hydrogen (secondary N) is 1. The number of rotatable bonds is 8. The van der Waals surface area contributed by atoms with Gasteiger partial charge in [-0.3, -0.25) is 4.98 Å². The minimum absolute atomic E-state index is 0.470. The highest BCUT2D eigenvalue weighted by molar-refractivity contribution is 5.24. The monoisotopic (exact) mass is 248 g/mol. The summed E-state index contributed by atoms with van der Waals surface area (Å²) in [7, 11) is 0. The van der Waals surface area contributed by atoms with E-state index in [1.165, 1.54) is 36.8 Å². The Morgan fingerprint density at radius 1 is 1.28 bits per heavy atom. The third-order valence-corrected chi connectivity index (χ3v) is 3.37. The van der Waals surface area contributed by atoms with E-state index in [1.807, 2.05) is 12.4 Å². The number of nitrogens with zero attached hydrogens (tertiary/aromatic N) is 1. The van der Waals surface area contributed by atoms with E-state index in [-0.39, 0.29) is 0 Å². The molecular weight excluding hydrogens is 220 g/mol. The molecule has 0 bridgehead atoms. The topological polar surface area (TPSA) is 24.9 Å². The van der Waals surface area contributed by atoms with Gasteiger partial charge in [0.15, 0.2) is 0 Å². The van der Waals surface area contributed by atoms with E-state index in [2.05, 4.69) is 44.1 Å². The number of aromatic nitrogens is 1. The smallest absolute Gasteiger partial charge is 0.0338 e. The molecule has 1 N–H and O–H groups in total. The highest BCUT2D eigenvalue weighted by atomic mass is 14.9. The molecule has 0 radical (unpaired) electrons. The highest BCUT2D eigenvalue weighted by Gasteiger charge is 2.13. The van der Waals surface area contributed by atoms with Crippen molar-refractivity contribution in [2.75, 3.05) is 6.54 Å². The second-order valence-corrected chi connectivity index (χ2v) is 5.56. The van der Waals surface area contributed by atoms with Crippen molar-refractivity contribution < 1.29 is 0 Å². The Hall–Kier alpha value is -0.890. The summed E-state index contributed by atoms with van der Waals surface area (Å²) in [4.78, 5) is 4.28. The summed E-state index contributed by atoms with van der Waals surface area (Å²) in [6.07, 6.45) is 8.89. The van der Waals surface area contributed by atoms with Crippen molar-refractivity contribution in [1.82, 2.24) is 10.3 Å². The lowest BCUT2D eigenvalue weighted by Crippen LogP contribution is -2.23. The lowest BCUT2D eigenvalue weighted by Gasteiger charge is -2.21. The molecule has 0 aromatic carbocycles. The maximum Gasteiger partial charge on any atom is 0.0338 e. The molecule has 1 atom stereocenters. The zero-order valence-corrected chi connectivity index (χ0v) is 12.4. The van der Waals surface area contributed by atoms with E-state index in [0.29, 0.717) is 6.04 Å². The molecule has 2 nitrogen and oxygen atoms in total. The van der Waals surface area contributed by atoms with Crippen molar-refractivity contribution in [3.63, 3.8) is 0 Å². The van der Waals surface area contributed by atoms with Gasteiger partial charge in [0.05, 0.1) is 0 Å². The Balaban J connectivity index is 2.62. The molecule has 0 aliphatic carbocycles. The van der Waals surface area contributed by atoms with Crippen LogP contribution in [0, 0.1) is 12.8 Å². The van der Waals surface area contributed by atoms with Gasteiger partial charge in [0.2, 0.25) is 0 Å². The summed E-state index contributed by atoms with van der Waals surface area (Å²) in [5, 5.41) is 3.66. The van der Waals surface area contributed by atoms with Gasteiger partial charge in [0, 0.05) is 18.4 Å². The Kier molecular flexibility index (Phi) is 6.96. The SMILES string of the molecule is CCCNC(CCCC(C)C)c1cnccc1C. The third kappa shape index (κ3) is 5.18. The summed E-state index contributed by atoms with van der Waals surface area (Å²) in [6, 6.07) is 2.58. The Morgan fingerprint density at radius 3 is 2.67 bits per heavy atom. The maximum absolute atomic E-state index is 4.28. The maximum atomic E-state index is 4.28. The van der Waals surface area contributed by atoms with Crippen LogP contribution in [0.2, 0.25) is 0 Å². The molecular formula is C16H28N2. The van der Waals surface area contributed by atoms with E-state index < -0.39 is 0 Å².